The number of nitrogens with one attached hydrogen (secondary N) is 1. The number of hydrogen-bond donors (Lipinski definition) is 1. The zero-order valence-corrected chi connectivity index (χ0v) is 12.8. The summed E-state index contributed by atoms with van der Waals surface area (Å²) >= 11 is 0. The van der Waals surface area contributed by atoms with Crippen LogP contribution < -0.4 is 5.32 Å². The van der Waals surface area contributed by atoms with E-state index in [9.17, 15) is 22.0 Å². The molecule has 0 aliphatic rings. The first-order chi connectivity index (χ1) is 12.4. The van der Waals surface area contributed by atoms with Gasteiger partial charge in [0, 0.05) is 18.0 Å². The fourth-order valence-electron chi connectivity index (χ4n) is 2.09. The molecular formula is C15H10F5N5O. The minimum atomic E-state index is -4.76. The summed E-state index contributed by atoms with van der Waals surface area (Å²) in [5, 5.41) is 5.82. The van der Waals surface area contributed by atoms with Crippen molar-refractivity contribution in [2.24, 2.45) is 0 Å². The molecule has 1 aromatic carbocycles. The van der Waals surface area contributed by atoms with Gasteiger partial charge in [-0.3, -0.25) is 0 Å². The molecule has 0 aliphatic carbocycles. The molecule has 3 rings (SSSR count). The third kappa shape index (κ3) is 3.76. The first-order valence-corrected chi connectivity index (χ1v) is 7.18. The topological polar surface area (TPSA) is 76.7 Å². The molecule has 0 aliphatic heterocycles. The molecule has 0 radical (unpaired) electrons. The van der Waals surface area contributed by atoms with Gasteiger partial charge in [-0.1, -0.05) is 23.4 Å². The molecule has 0 bridgehead atoms. The zero-order chi connectivity index (χ0) is 18.7. The molecule has 6 nitrogen and oxygen atoms in total. The van der Waals surface area contributed by atoms with Crippen LogP contribution in [0.4, 0.5) is 27.9 Å². The third-order valence-electron chi connectivity index (χ3n) is 3.32. The van der Waals surface area contributed by atoms with Crippen molar-refractivity contribution in [2.75, 3.05) is 12.0 Å². The van der Waals surface area contributed by atoms with Crippen molar-refractivity contribution in [3.63, 3.8) is 0 Å². The summed E-state index contributed by atoms with van der Waals surface area (Å²) in [7, 11) is 0. The molecule has 2 aromatic heterocycles. The third-order valence-corrected chi connectivity index (χ3v) is 3.32. The lowest BCUT2D eigenvalue weighted by molar-refractivity contribution is -0.159. The summed E-state index contributed by atoms with van der Waals surface area (Å²) in [4.78, 5) is 10.9. The van der Waals surface area contributed by atoms with Crippen LogP contribution in [0.15, 0.2) is 41.2 Å². The first-order valence-electron chi connectivity index (χ1n) is 7.18. The SMILES string of the molecule is FCC(Nc1ncc(-c2noc(C(F)(F)F)n2)cn1)c1ccccc1F. The molecule has 26 heavy (non-hydrogen) atoms. The number of anilines is 1. The average molecular weight is 371 g/mol. The summed E-state index contributed by atoms with van der Waals surface area (Å²) in [5.41, 5.74) is 0.160. The van der Waals surface area contributed by atoms with E-state index in [1.807, 2.05) is 0 Å². The summed E-state index contributed by atoms with van der Waals surface area (Å²) in [6, 6.07) is 4.61. The number of benzene rings is 1. The maximum absolute atomic E-state index is 13.7. The van der Waals surface area contributed by atoms with Crippen LogP contribution in [0, 0.1) is 5.82 Å². The van der Waals surface area contributed by atoms with E-state index < -0.39 is 30.6 Å². The van der Waals surface area contributed by atoms with Gasteiger partial charge < -0.3 is 9.84 Å². The molecule has 1 N–H and O–H groups in total. The second kappa shape index (κ2) is 7.02. The second-order valence-corrected chi connectivity index (χ2v) is 5.09. The lowest BCUT2D eigenvalue weighted by atomic mass is 10.1. The molecule has 0 fully saturated rings. The fourth-order valence-corrected chi connectivity index (χ4v) is 2.09. The number of nitrogens with zero attached hydrogens (tertiary/aromatic N) is 4. The average Bonchev–Trinajstić information content (AvgIpc) is 3.11. The van der Waals surface area contributed by atoms with Crippen molar-refractivity contribution in [1.82, 2.24) is 20.1 Å². The number of aromatic nitrogens is 4. The molecule has 2 heterocycles. The van der Waals surface area contributed by atoms with Crippen LogP contribution in [0.2, 0.25) is 0 Å². The van der Waals surface area contributed by atoms with E-state index in [1.165, 1.54) is 18.2 Å². The molecule has 0 spiro atoms. The zero-order valence-electron chi connectivity index (χ0n) is 12.8. The number of hydrogen-bond acceptors (Lipinski definition) is 6. The Morgan fingerprint density at radius 1 is 1.12 bits per heavy atom. The van der Waals surface area contributed by atoms with Gasteiger partial charge in [-0.2, -0.15) is 18.2 Å². The van der Waals surface area contributed by atoms with Crippen molar-refractivity contribution in [1.29, 1.82) is 0 Å². The Bertz CT molecular complexity index is 881. The van der Waals surface area contributed by atoms with Crippen molar-refractivity contribution >= 4 is 5.95 Å². The molecule has 136 valence electrons. The quantitative estimate of drug-likeness (QED) is 0.688. The number of alkyl halides is 4. The highest BCUT2D eigenvalue weighted by Gasteiger charge is 2.38. The Kier molecular flexibility index (Phi) is 4.78. The number of halogens is 5. The smallest absolute Gasteiger partial charge is 0.345 e. The van der Waals surface area contributed by atoms with E-state index in [0.717, 1.165) is 12.4 Å². The van der Waals surface area contributed by atoms with Crippen LogP contribution in [0.1, 0.15) is 17.5 Å². The maximum atomic E-state index is 13.7. The van der Waals surface area contributed by atoms with Gasteiger partial charge in [-0.15, -0.1) is 0 Å². The van der Waals surface area contributed by atoms with Gasteiger partial charge in [0.1, 0.15) is 12.5 Å². The predicted molar refractivity (Wildman–Crippen MR) is 79.1 cm³/mol. The monoisotopic (exact) mass is 371 g/mol. The van der Waals surface area contributed by atoms with Crippen molar-refractivity contribution in [3.8, 4) is 11.4 Å². The Hall–Kier alpha value is -3.11. The summed E-state index contributed by atoms with van der Waals surface area (Å²) in [6.07, 6.45) is -2.49. The highest BCUT2D eigenvalue weighted by atomic mass is 19.4. The predicted octanol–water partition coefficient (Wildman–Crippen LogP) is 3.81. The second-order valence-electron chi connectivity index (χ2n) is 5.09. The Balaban J connectivity index is 1.77. The molecule has 11 heteroatoms. The van der Waals surface area contributed by atoms with E-state index in [2.05, 4.69) is 29.9 Å². The van der Waals surface area contributed by atoms with Gasteiger partial charge in [-0.25, -0.2) is 18.7 Å². The first kappa shape index (κ1) is 17.7. The van der Waals surface area contributed by atoms with Crippen LogP contribution in [0.3, 0.4) is 0 Å². The Morgan fingerprint density at radius 2 is 1.81 bits per heavy atom. The minimum absolute atomic E-state index is 0.0424. The Labute approximate surface area is 143 Å². The van der Waals surface area contributed by atoms with Crippen LogP contribution in [-0.2, 0) is 6.18 Å². The van der Waals surface area contributed by atoms with Gasteiger partial charge in [0.2, 0.25) is 11.8 Å². The van der Waals surface area contributed by atoms with Crippen LogP contribution in [0.5, 0.6) is 0 Å². The maximum Gasteiger partial charge on any atom is 0.471 e. The lowest BCUT2D eigenvalue weighted by Crippen LogP contribution is -2.16. The van der Waals surface area contributed by atoms with Gasteiger partial charge in [0.25, 0.3) is 0 Å². The highest BCUT2D eigenvalue weighted by molar-refractivity contribution is 5.52. The number of rotatable bonds is 5. The van der Waals surface area contributed by atoms with Crippen LogP contribution in [0.25, 0.3) is 11.4 Å². The van der Waals surface area contributed by atoms with Crippen molar-refractivity contribution in [3.05, 3.63) is 53.9 Å². The molecular weight excluding hydrogens is 361 g/mol. The van der Waals surface area contributed by atoms with Crippen molar-refractivity contribution in [2.45, 2.75) is 12.2 Å². The van der Waals surface area contributed by atoms with E-state index in [0.29, 0.717) is 0 Å². The van der Waals surface area contributed by atoms with Crippen LogP contribution >= 0.6 is 0 Å². The molecule has 0 saturated carbocycles. The standard InChI is InChI=1S/C15H10F5N5O/c16-5-11(9-3-1-2-4-10(9)17)23-14-21-6-8(7-22-14)12-24-13(26-25-12)15(18,19)20/h1-4,6-7,11H,5H2,(H,21,22,23). The fraction of sp³-hybridized carbons (Fsp3) is 0.200. The molecule has 0 saturated heterocycles. The van der Waals surface area contributed by atoms with E-state index in [4.69, 9.17) is 0 Å². The van der Waals surface area contributed by atoms with Crippen LogP contribution in [-0.4, -0.2) is 26.8 Å². The van der Waals surface area contributed by atoms with Gasteiger partial charge in [0.05, 0.1) is 11.6 Å². The normalized spacial score (nSPS) is 12.8. The minimum Gasteiger partial charge on any atom is -0.345 e. The largest absolute Gasteiger partial charge is 0.471 e. The lowest BCUT2D eigenvalue weighted by Gasteiger charge is -2.16. The summed E-state index contributed by atoms with van der Waals surface area (Å²) in [5.74, 6) is -2.48. The molecule has 1 unspecified atom stereocenters. The highest BCUT2D eigenvalue weighted by Crippen LogP contribution is 2.29. The Morgan fingerprint density at radius 3 is 2.38 bits per heavy atom. The summed E-state index contributed by atoms with van der Waals surface area (Å²) in [6.45, 7) is -0.925. The van der Waals surface area contributed by atoms with Gasteiger partial charge >= 0.3 is 12.1 Å². The summed E-state index contributed by atoms with van der Waals surface area (Å²) < 4.78 is 68.5. The molecule has 1 atom stereocenters. The van der Waals surface area contributed by atoms with E-state index >= 15 is 0 Å². The van der Waals surface area contributed by atoms with E-state index in [-0.39, 0.29) is 22.9 Å². The van der Waals surface area contributed by atoms with Crippen molar-refractivity contribution < 1.29 is 26.5 Å². The van der Waals surface area contributed by atoms with Gasteiger partial charge in [0.15, 0.2) is 0 Å². The van der Waals surface area contributed by atoms with E-state index in [1.54, 1.807) is 6.07 Å². The molecule has 0 amide bonds. The molecule has 3 aromatic rings. The van der Waals surface area contributed by atoms with Gasteiger partial charge in [-0.05, 0) is 6.07 Å².